The van der Waals surface area contributed by atoms with Gasteiger partial charge in [0.2, 0.25) is 5.88 Å². The third kappa shape index (κ3) is 2.07. The van der Waals surface area contributed by atoms with Crippen molar-refractivity contribution < 1.29 is 5.11 Å². The first-order chi connectivity index (χ1) is 9.66. The molecule has 0 bridgehead atoms. The maximum absolute atomic E-state index is 9.98. The maximum Gasteiger partial charge on any atom is 0.234 e. The molecule has 1 heterocycles. The molecule has 0 aliphatic heterocycles. The van der Waals surface area contributed by atoms with Gasteiger partial charge in [-0.2, -0.15) is 0 Å². The number of hydrogen-bond donors (Lipinski definition) is 1. The molecule has 1 N–H and O–H groups in total. The van der Waals surface area contributed by atoms with E-state index in [1.165, 1.54) is 0 Å². The molecule has 1 aromatic heterocycles. The van der Waals surface area contributed by atoms with Gasteiger partial charge in [-0.25, -0.2) is 4.68 Å². The van der Waals surface area contributed by atoms with E-state index in [-0.39, 0.29) is 5.88 Å². The van der Waals surface area contributed by atoms with Crippen LogP contribution in [0, 0.1) is 13.8 Å². The van der Waals surface area contributed by atoms with Crippen LogP contribution in [0.4, 0.5) is 0 Å². The molecule has 0 amide bonds. The number of rotatable bonds is 2. The van der Waals surface area contributed by atoms with Crippen molar-refractivity contribution in [3.63, 3.8) is 0 Å². The van der Waals surface area contributed by atoms with Crippen LogP contribution in [-0.2, 0) is 0 Å². The second kappa shape index (κ2) is 4.85. The fourth-order valence-electron chi connectivity index (χ4n) is 2.37. The summed E-state index contributed by atoms with van der Waals surface area (Å²) in [5.41, 5.74) is 4.87. The first-order valence-electron chi connectivity index (χ1n) is 6.58. The molecule has 0 radical (unpaired) electrons. The standard InChI is InChI=1S/C17H16N2O/c1-12-7-6-10-15(11-12)19-16(13(2)17(20)18-19)14-8-4-3-5-9-14/h3-11H,1-2H3,(H,18,20). The number of aromatic hydroxyl groups is 1. The van der Waals surface area contributed by atoms with Gasteiger partial charge in [0.05, 0.1) is 11.4 Å². The molecule has 0 spiro atoms. The summed E-state index contributed by atoms with van der Waals surface area (Å²) in [5, 5.41) is 14.3. The molecule has 0 fully saturated rings. The second-order valence-electron chi connectivity index (χ2n) is 4.91. The molecule has 3 heteroatoms. The predicted octanol–water partition coefficient (Wildman–Crippen LogP) is 3.86. The molecule has 20 heavy (non-hydrogen) atoms. The van der Waals surface area contributed by atoms with Crippen LogP contribution in [-0.4, -0.2) is 14.9 Å². The van der Waals surface area contributed by atoms with Gasteiger partial charge >= 0.3 is 0 Å². The van der Waals surface area contributed by atoms with Crippen molar-refractivity contribution in [2.45, 2.75) is 13.8 Å². The zero-order valence-corrected chi connectivity index (χ0v) is 11.5. The Bertz CT molecular complexity index is 745. The third-order valence-corrected chi connectivity index (χ3v) is 3.39. The highest BCUT2D eigenvalue weighted by molar-refractivity contribution is 5.67. The third-order valence-electron chi connectivity index (χ3n) is 3.39. The molecular formula is C17H16N2O. The molecular weight excluding hydrogens is 248 g/mol. The van der Waals surface area contributed by atoms with Gasteiger partial charge < -0.3 is 5.11 Å². The fourth-order valence-corrected chi connectivity index (χ4v) is 2.37. The van der Waals surface area contributed by atoms with E-state index in [1.807, 2.05) is 62.4 Å². The van der Waals surface area contributed by atoms with Gasteiger partial charge in [-0.1, -0.05) is 42.5 Å². The number of aryl methyl sites for hydroxylation is 1. The lowest BCUT2D eigenvalue weighted by atomic mass is 10.1. The van der Waals surface area contributed by atoms with Crippen LogP contribution in [0.1, 0.15) is 11.1 Å². The van der Waals surface area contributed by atoms with E-state index in [1.54, 1.807) is 4.68 Å². The SMILES string of the molecule is Cc1cccc(-n2nc(O)c(C)c2-c2ccccc2)c1. The monoisotopic (exact) mass is 264 g/mol. The molecule has 0 saturated carbocycles. The van der Waals surface area contributed by atoms with Crippen LogP contribution in [0.25, 0.3) is 16.9 Å². The Morgan fingerprint density at radius 3 is 2.40 bits per heavy atom. The summed E-state index contributed by atoms with van der Waals surface area (Å²) >= 11 is 0. The molecule has 0 aliphatic rings. The van der Waals surface area contributed by atoms with Gasteiger partial charge in [-0.3, -0.25) is 0 Å². The molecule has 3 aromatic rings. The van der Waals surface area contributed by atoms with E-state index in [0.29, 0.717) is 0 Å². The van der Waals surface area contributed by atoms with Gasteiger partial charge in [0.1, 0.15) is 0 Å². The van der Waals surface area contributed by atoms with Crippen LogP contribution in [0.15, 0.2) is 54.6 Å². The van der Waals surface area contributed by atoms with Crippen LogP contribution >= 0.6 is 0 Å². The minimum absolute atomic E-state index is 0.0744. The maximum atomic E-state index is 9.98. The van der Waals surface area contributed by atoms with Crippen molar-refractivity contribution in [3.8, 4) is 22.8 Å². The summed E-state index contributed by atoms with van der Waals surface area (Å²) in [6.07, 6.45) is 0. The van der Waals surface area contributed by atoms with Crippen molar-refractivity contribution in [2.75, 3.05) is 0 Å². The highest BCUT2D eigenvalue weighted by Crippen LogP contribution is 2.31. The van der Waals surface area contributed by atoms with Gasteiger partial charge in [0.15, 0.2) is 0 Å². The summed E-state index contributed by atoms with van der Waals surface area (Å²) in [6, 6.07) is 18.1. The van der Waals surface area contributed by atoms with Crippen molar-refractivity contribution in [3.05, 3.63) is 65.7 Å². The van der Waals surface area contributed by atoms with Gasteiger partial charge in [-0.05, 0) is 31.5 Å². The molecule has 0 atom stereocenters. The van der Waals surface area contributed by atoms with E-state index < -0.39 is 0 Å². The van der Waals surface area contributed by atoms with Gasteiger partial charge in [0.25, 0.3) is 0 Å². The number of benzene rings is 2. The Balaban J connectivity index is 2.25. The van der Waals surface area contributed by atoms with Gasteiger partial charge in [-0.15, -0.1) is 5.10 Å². The van der Waals surface area contributed by atoms with Crippen LogP contribution in [0.2, 0.25) is 0 Å². The Morgan fingerprint density at radius 2 is 1.70 bits per heavy atom. The molecule has 3 rings (SSSR count). The predicted molar refractivity (Wildman–Crippen MR) is 80.1 cm³/mol. The minimum Gasteiger partial charge on any atom is -0.492 e. The Hall–Kier alpha value is -2.55. The molecule has 2 aromatic carbocycles. The van der Waals surface area contributed by atoms with E-state index in [9.17, 15) is 5.11 Å². The van der Waals surface area contributed by atoms with Crippen LogP contribution in [0.5, 0.6) is 5.88 Å². The first kappa shape index (κ1) is 12.5. The van der Waals surface area contributed by atoms with E-state index in [0.717, 1.165) is 28.1 Å². The summed E-state index contributed by atoms with van der Waals surface area (Å²) < 4.78 is 1.80. The molecule has 100 valence electrons. The van der Waals surface area contributed by atoms with E-state index in [2.05, 4.69) is 11.2 Å². The lowest BCUT2D eigenvalue weighted by molar-refractivity contribution is 0.444. The minimum atomic E-state index is 0.0744. The Kier molecular flexibility index (Phi) is 3.03. The number of aromatic nitrogens is 2. The lowest BCUT2D eigenvalue weighted by Crippen LogP contribution is -1.99. The molecule has 0 unspecified atom stereocenters. The van der Waals surface area contributed by atoms with Crippen molar-refractivity contribution in [1.82, 2.24) is 9.78 Å². The van der Waals surface area contributed by atoms with E-state index >= 15 is 0 Å². The van der Waals surface area contributed by atoms with Crippen molar-refractivity contribution in [1.29, 1.82) is 0 Å². The van der Waals surface area contributed by atoms with Crippen LogP contribution in [0.3, 0.4) is 0 Å². The highest BCUT2D eigenvalue weighted by Gasteiger charge is 2.16. The summed E-state index contributed by atoms with van der Waals surface area (Å²) in [7, 11) is 0. The van der Waals surface area contributed by atoms with Crippen LogP contribution < -0.4 is 0 Å². The Morgan fingerprint density at radius 1 is 0.950 bits per heavy atom. The molecule has 0 saturated heterocycles. The number of nitrogens with zero attached hydrogens (tertiary/aromatic N) is 2. The fraction of sp³-hybridized carbons (Fsp3) is 0.118. The smallest absolute Gasteiger partial charge is 0.234 e. The van der Waals surface area contributed by atoms with Crippen molar-refractivity contribution >= 4 is 0 Å². The first-order valence-corrected chi connectivity index (χ1v) is 6.58. The van der Waals surface area contributed by atoms with Crippen molar-refractivity contribution in [2.24, 2.45) is 0 Å². The quantitative estimate of drug-likeness (QED) is 0.763. The summed E-state index contributed by atoms with van der Waals surface area (Å²) in [4.78, 5) is 0. The second-order valence-corrected chi connectivity index (χ2v) is 4.91. The van der Waals surface area contributed by atoms with E-state index in [4.69, 9.17) is 0 Å². The summed E-state index contributed by atoms with van der Waals surface area (Å²) in [5.74, 6) is 0.0744. The lowest BCUT2D eigenvalue weighted by Gasteiger charge is -2.09. The normalized spacial score (nSPS) is 10.7. The largest absolute Gasteiger partial charge is 0.492 e. The number of hydrogen-bond acceptors (Lipinski definition) is 2. The molecule has 3 nitrogen and oxygen atoms in total. The Labute approximate surface area is 118 Å². The summed E-state index contributed by atoms with van der Waals surface area (Å²) in [6.45, 7) is 3.93. The highest BCUT2D eigenvalue weighted by atomic mass is 16.3. The average Bonchev–Trinajstić information content (AvgIpc) is 2.76. The average molecular weight is 264 g/mol. The zero-order chi connectivity index (χ0) is 14.1. The van der Waals surface area contributed by atoms with Gasteiger partial charge in [0, 0.05) is 11.1 Å². The molecule has 0 aliphatic carbocycles. The zero-order valence-electron chi connectivity index (χ0n) is 11.5. The topological polar surface area (TPSA) is 38.0 Å².